The predicted molar refractivity (Wildman–Crippen MR) is 44.7 cm³/mol. The third-order valence-electron chi connectivity index (χ3n) is 1.52. The molecule has 0 saturated heterocycles. The van der Waals surface area contributed by atoms with Gasteiger partial charge < -0.3 is 19.9 Å². The molecule has 0 bridgehead atoms. The molecular weight excluding hydrogens is 174 g/mol. The largest absolute Gasteiger partial charge is 0.494 e. The molecule has 13 heavy (non-hydrogen) atoms. The van der Waals surface area contributed by atoms with Gasteiger partial charge in [0.05, 0.1) is 6.61 Å². The molecule has 1 atom stereocenters. The number of rotatable bonds is 3. The standard InChI is InChI=1S/C8H13NO4/c1-6(4-10)9-8(11)7-5-12-2-3-13-7/h5-6,10H,2-4H2,1H3,(H,9,11)/t6-/m1/s1. The second-order valence-corrected chi connectivity index (χ2v) is 2.76. The van der Waals surface area contributed by atoms with Crippen molar-refractivity contribution in [1.29, 1.82) is 0 Å². The highest BCUT2D eigenvalue weighted by Crippen LogP contribution is 2.03. The van der Waals surface area contributed by atoms with E-state index >= 15 is 0 Å². The molecule has 1 aliphatic heterocycles. The van der Waals surface area contributed by atoms with Crippen molar-refractivity contribution in [3.8, 4) is 0 Å². The van der Waals surface area contributed by atoms with E-state index in [1.807, 2.05) is 0 Å². The Balaban J connectivity index is 2.42. The molecule has 0 aromatic rings. The minimum atomic E-state index is -0.360. The molecule has 1 heterocycles. The summed E-state index contributed by atoms with van der Waals surface area (Å²) < 4.78 is 9.94. The Morgan fingerprint density at radius 3 is 3.08 bits per heavy atom. The average molecular weight is 187 g/mol. The molecule has 1 rings (SSSR count). The molecule has 0 saturated carbocycles. The number of nitrogens with one attached hydrogen (secondary N) is 1. The zero-order valence-electron chi connectivity index (χ0n) is 7.45. The van der Waals surface area contributed by atoms with Crippen LogP contribution in [0, 0.1) is 0 Å². The molecule has 1 aliphatic rings. The van der Waals surface area contributed by atoms with Crippen LogP contribution >= 0.6 is 0 Å². The van der Waals surface area contributed by atoms with Gasteiger partial charge >= 0.3 is 0 Å². The Hall–Kier alpha value is -1.23. The van der Waals surface area contributed by atoms with E-state index < -0.39 is 0 Å². The van der Waals surface area contributed by atoms with Gasteiger partial charge in [-0.25, -0.2) is 0 Å². The van der Waals surface area contributed by atoms with E-state index in [4.69, 9.17) is 14.6 Å². The molecular formula is C8H13NO4. The van der Waals surface area contributed by atoms with Gasteiger partial charge in [-0.3, -0.25) is 4.79 Å². The third-order valence-corrected chi connectivity index (χ3v) is 1.52. The van der Waals surface area contributed by atoms with Crippen LogP contribution in [0.5, 0.6) is 0 Å². The zero-order valence-corrected chi connectivity index (χ0v) is 7.45. The molecule has 5 nitrogen and oxygen atoms in total. The summed E-state index contributed by atoms with van der Waals surface area (Å²) in [5.74, 6) is -0.201. The quantitative estimate of drug-likeness (QED) is 0.617. The lowest BCUT2D eigenvalue weighted by Crippen LogP contribution is -2.37. The van der Waals surface area contributed by atoms with Crippen molar-refractivity contribution in [2.45, 2.75) is 13.0 Å². The van der Waals surface area contributed by atoms with Crippen LogP contribution in [-0.4, -0.2) is 36.9 Å². The van der Waals surface area contributed by atoms with Gasteiger partial charge in [-0.1, -0.05) is 0 Å². The smallest absolute Gasteiger partial charge is 0.289 e. The summed E-state index contributed by atoms with van der Waals surface area (Å²) in [7, 11) is 0. The van der Waals surface area contributed by atoms with Crippen molar-refractivity contribution >= 4 is 5.91 Å². The van der Waals surface area contributed by atoms with E-state index in [-0.39, 0.29) is 24.3 Å². The Bertz CT molecular complexity index is 214. The summed E-state index contributed by atoms with van der Waals surface area (Å²) >= 11 is 0. The minimum absolute atomic E-state index is 0.0973. The first kappa shape index (κ1) is 9.85. The van der Waals surface area contributed by atoms with Gasteiger partial charge in [0.2, 0.25) is 5.76 Å². The molecule has 1 amide bonds. The molecule has 0 aromatic heterocycles. The monoisotopic (exact) mass is 187 g/mol. The number of hydrogen-bond acceptors (Lipinski definition) is 4. The Labute approximate surface area is 76.3 Å². The molecule has 2 N–H and O–H groups in total. The molecule has 0 aliphatic carbocycles. The van der Waals surface area contributed by atoms with Crippen LogP contribution in [0.15, 0.2) is 12.0 Å². The van der Waals surface area contributed by atoms with Gasteiger partial charge in [-0.05, 0) is 6.92 Å². The van der Waals surface area contributed by atoms with Crippen LogP contribution in [0.3, 0.4) is 0 Å². The maximum absolute atomic E-state index is 11.3. The fourth-order valence-electron chi connectivity index (χ4n) is 0.828. The number of aliphatic hydroxyl groups excluding tert-OH is 1. The Morgan fingerprint density at radius 2 is 2.54 bits per heavy atom. The second kappa shape index (κ2) is 4.71. The normalized spacial score (nSPS) is 17.8. The minimum Gasteiger partial charge on any atom is -0.494 e. The lowest BCUT2D eigenvalue weighted by Gasteiger charge is -2.16. The number of aliphatic hydroxyl groups is 1. The first-order valence-corrected chi connectivity index (χ1v) is 4.10. The molecule has 0 radical (unpaired) electrons. The van der Waals surface area contributed by atoms with E-state index in [2.05, 4.69) is 5.32 Å². The van der Waals surface area contributed by atoms with Gasteiger partial charge in [-0.2, -0.15) is 0 Å². The van der Waals surface area contributed by atoms with Gasteiger partial charge in [0.15, 0.2) is 0 Å². The number of amides is 1. The fourth-order valence-corrected chi connectivity index (χ4v) is 0.828. The summed E-state index contributed by atoms with van der Waals surface area (Å²) in [6.45, 7) is 2.45. The Kier molecular flexibility index (Phi) is 3.57. The number of hydrogen-bond donors (Lipinski definition) is 2. The van der Waals surface area contributed by atoms with Crippen molar-refractivity contribution < 1.29 is 19.4 Å². The highest BCUT2D eigenvalue weighted by molar-refractivity contribution is 5.91. The third kappa shape index (κ3) is 2.95. The molecule has 0 fully saturated rings. The van der Waals surface area contributed by atoms with E-state index in [9.17, 15) is 4.79 Å². The average Bonchev–Trinajstić information content (AvgIpc) is 2.19. The summed E-state index contributed by atoms with van der Waals surface area (Å²) in [5, 5.41) is 11.2. The number of ether oxygens (including phenoxy) is 2. The van der Waals surface area contributed by atoms with Gasteiger partial charge in [-0.15, -0.1) is 0 Å². The van der Waals surface area contributed by atoms with Crippen LogP contribution in [0.25, 0.3) is 0 Å². The summed E-state index contributed by atoms with van der Waals surface area (Å²) in [4.78, 5) is 11.3. The highest BCUT2D eigenvalue weighted by atomic mass is 16.6. The maximum atomic E-state index is 11.3. The molecule has 0 aromatic carbocycles. The van der Waals surface area contributed by atoms with Crippen molar-refractivity contribution in [2.24, 2.45) is 0 Å². The van der Waals surface area contributed by atoms with Crippen LogP contribution < -0.4 is 5.32 Å². The summed E-state index contributed by atoms with van der Waals surface area (Å²) in [6.07, 6.45) is 1.28. The van der Waals surface area contributed by atoms with Crippen molar-refractivity contribution in [2.75, 3.05) is 19.8 Å². The van der Waals surface area contributed by atoms with Gasteiger partial charge in [0.1, 0.15) is 19.5 Å². The SMILES string of the molecule is C[C@H](CO)NC(=O)C1=COCCO1. The summed E-state index contributed by atoms with van der Waals surface area (Å²) in [5.41, 5.74) is 0. The first-order chi connectivity index (χ1) is 6.24. The molecule has 0 unspecified atom stereocenters. The highest BCUT2D eigenvalue weighted by Gasteiger charge is 2.16. The van der Waals surface area contributed by atoms with E-state index in [0.717, 1.165) is 0 Å². The van der Waals surface area contributed by atoms with Crippen molar-refractivity contribution in [3.05, 3.63) is 12.0 Å². The molecule has 5 heteroatoms. The Morgan fingerprint density at radius 1 is 1.77 bits per heavy atom. The lowest BCUT2D eigenvalue weighted by atomic mass is 10.3. The van der Waals surface area contributed by atoms with Gasteiger partial charge in [0, 0.05) is 6.04 Å². The first-order valence-electron chi connectivity index (χ1n) is 4.10. The van der Waals surface area contributed by atoms with E-state index in [1.165, 1.54) is 6.26 Å². The van der Waals surface area contributed by atoms with Crippen LogP contribution in [-0.2, 0) is 14.3 Å². The zero-order chi connectivity index (χ0) is 9.68. The van der Waals surface area contributed by atoms with Crippen LogP contribution in [0.1, 0.15) is 6.92 Å². The second-order valence-electron chi connectivity index (χ2n) is 2.76. The predicted octanol–water partition coefficient (Wildman–Crippen LogP) is -0.628. The fraction of sp³-hybridized carbons (Fsp3) is 0.625. The van der Waals surface area contributed by atoms with Crippen molar-refractivity contribution in [3.63, 3.8) is 0 Å². The van der Waals surface area contributed by atoms with Crippen molar-refractivity contribution in [1.82, 2.24) is 5.32 Å². The topological polar surface area (TPSA) is 67.8 Å². The van der Waals surface area contributed by atoms with Crippen LogP contribution in [0.4, 0.5) is 0 Å². The summed E-state index contributed by atoms with van der Waals surface area (Å²) in [6, 6.07) is -0.279. The molecule has 74 valence electrons. The van der Waals surface area contributed by atoms with E-state index in [1.54, 1.807) is 6.92 Å². The number of carbonyl (C=O) groups is 1. The maximum Gasteiger partial charge on any atom is 0.289 e. The van der Waals surface area contributed by atoms with Crippen LogP contribution in [0.2, 0.25) is 0 Å². The van der Waals surface area contributed by atoms with E-state index in [0.29, 0.717) is 13.2 Å². The van der Waals surface area contributed by atoms with Gasteiger partial charge in [0.25, 0.3) is 5.91 Å². The number of carbonyl (C=O) groups excluding carboxylic acids is 1. The molecule has 0 spiro atoms. The lowest BCUT2D eigenvalue weighted by molar-refractivity contribution is -0.123.